The van der Waals surface area contributed by atoms with Gasteiger partial charge in [0.1, 0.15) is 0 Å². The topological polar surface area (TPSA) is 49.9 Å². The Morgan fingerprint density at radius 2 is 2.27 bits per heavy atom. The molecule has 0 amide bonds. The van der Waals surface area contributed by atoms with E-state index in [0.717, 1.165) is 5.57 Å². The van der Waals surface area contributed by atoms with Crippen molar-refractivity contribution in [2.45, 2.75) is 0 Å². The molecule has 0 rings (SSSR count). The SMILES string of the molecule is C=CC(=C\C=N)/C(N)=C/SC. The van der Waals surface area contributed by atoms with Gasteiger partial charge in [0.05, 0.1) is 0 Å². The number of thioether (sulfide) groups is 1. The summed E-state index contributed by atoms with van der Waals surface area (Å²) in [5.41, 5.74) is 7.06. The largest absolute Gasteiger partial charge is 0.398 e. The molecular formula is C8H12N2S. The van der Waals surface area contributed by atoms with E-state index in [1.165, 1.54) is 18.0 Å². The van der Waals surface area contributed by atoms with Gasteiger partial charge in [-0.25, -0.2) is 0 Å². The summed E-state index contributed by atoms with van der Waals surface area (Å²) in [5, 5.41) is 8.64. The predicted molar refractivity (Wildman–Crippen MR) is 52.8 cm³/mol. The number of hydrogen-bond acceptors (Lipinski definition) is 3. The summed E-state index contributed by atoms with van der Waals surface area (Å²) >= 11 is 1.53. The van der Waals surface area contributed by atoms with Crippen LogP contribution in [0.15, 0.2) is 35.4 Å². The standard InChI is InChI=1S/C8H12N2S/c1-3-7(4-5-9)8(10)6-11-2/h3-6,9H,1,10H2,2H3/b7-4+,8-6-,9-5?. The fourth-order valence-corrected chi connectivity index (χ4v) is 0.957. The maximum absolute atomic E-state index is 6.82. The lowest BCUT2D eigenvalue weighted by Gasteiger charge is -1.98. The van der Waals surface area contributed by atoms with Crippen molar-refractivity contribution >= 4 is 18.0 Å². The first-order valence-corrected chi connectivity index (χ1v) is 4.37. The van der Waals surface area contributed by atoms with Crippen LogP contribution in [0.4, 0.5) is 0 Å². The molecule has 0 unspecified atom stereocenters. The summed E-state index contributed by atoms with van der Waals surface area (Å²) < 4.78 is 0. The van der Waals surface area contributed by atoms with Gasteiger partial charge in [-0.1, -0.05) is 12.7 Å². The molecule has 2 nitrogen and oxygen atoms in total. The molecule has 0 fully saturated rings. The summed E-state index contributed by atoms with van der Waals surface area (Å²) in [6, 6.07) is 0. The third-order valence-corrected chi connectivity index (χ3v) is 1.55. The minimum atomic E-state index is 0.649. The monoisotopic (exact) mass is 168 g/mol. The van der Waals surface area contributed by atoms with Crippen molar-refractivity contribution < 1.29 is 0 Å². The molecule has 11 heavy (non-hydrogen) atoms. The highest BCUT2D eigenvalue weighted by atomic mass is 32.2. The maximum atomic E-state index is 6.82. The van der Waals surface area contributed by atoms with E-state index in [1.54, 1.807) is 12.2 Å². The molecule has 3 N–H and O–H groups in total. The molecule has 60 valence electrons. The van der Waals surface area contributed by atoms with Gasteiger partial charge in [-0.3, -0.25) is 0 Å². The van der Waals surface area contributed by atoms with Crippen LogP contribution in [0.2, 0.25) is 0 Å². The summed E-state index contributed by atoms with van der Waals surface area (Å²) in [7, 11) is 0. The van der Waals surface area contributed by atoms with E-state index in [-0.39, 0.29) is 0 Å². The average Bonchev–Trinajstić information content (AvgIpc) is 2.00. The average molecular weight is 168 g/mol. The fourth-order valence-electron chi connectivity index (χ4n) is 0.567. The van der Waals surface area contributed by atoms with E-state index in [4.69, 9.17) is 11.1 Å². The Balaban J connectivity index is 4.50. The van der Waals surface area contributed by atoms with E-state index in [9.17, 15) is 0 Å². The molecule has 3 heteroatoms. The smallest absolute Gasteiger partial charge is 0.0451 e. The van der Waals surface area contributed by atoms with Gasteiger partial charge in [-0.2, -0.15) is 0 Å². The Bertz CT molecular complexity index is 204. The Morgan fingerprint density at radius 1 is 1.64 bits per heavy atom. The van der Waals surface area contributed by atoms with Gasteiger partial charge in [0, 0.05) is 11.9 Å². The Labute approximate surface area is 71.4 Å². The van der Waals surface area contributed by atoms with Crippen molar-refractivity contribution in [3.05, 3.63) is 35.4 Å². The van der Waals surface area contributed by atoms with Crippen LogP contribution in [0.5, 0.6) is 0 Å². The molecule has 0 atom stereocenters. The van der Waals surface area contributed by atoms with Gasteiger partial charge in [0.15, 0.2) is 0 Å². The highest BCUT2D eigenvalue weighted by Crippen LogP contribution is 2.08. The quantitative estimate of drug-likeness (QED) is 0.497. The van der Waals surface area contributed by atoms with Crippen molar-refractivity contribution in [3.63, 3.8) is 0 Å². The molecule has 0 aliphatic carbocycles. The van der Waals surface area contributed by atoms with E-state index >= 15 is 0 Å². The van der Waals surface area contributed by atoms with E-state index < -0.39 is 0 Å². The maximum Gasteiger partial charge on any atom is 0.0451 e. The van der Waals surface area contributed by atoms with Crippen LogP contribution in [0.25, 0.3) is 0 Å². The Morgan fingerprint density at radius 3 is 2.64 bits per heavy atom. The van der Waals surface area contributed by atoms with E-state index in [1.807, 2.05) is 11.7 Å². The summed E-state index contributed by atoms with van der Waals surface area (Å²) in [4.78, 5) is 0. The number of nitrogens with one attached hydrogen (secondary N) is 1. The molecule has 0 aliphatic heterocycles. The minimum absolute atomic E-state index is 0.649. The first-order chi connectivity index (χ1) is 5.26. The highest BCUT2D eigenvalue weighted by Gasteiger charge is 1.92. The van der Waals surface area contributed by atoms with Crippen LogP contribution in [0, 0.1) is 5.41 Å². The number of rotatable bonds is 4. The molecule has 0 heterocycles. The molecule has 0 radical (unpaired) electrons. The number of nitrogens with two attached hydrogens (primary N) is 1. The molecule has 0 aromatic heterocycles. The molecule has 0 saturated heterocycles. The second kappa shape index (κ2) is 5.80. The highest BCUT2D eigenvalue weighted by molar-refractivity contribution is 8.01. The molecule has 0 saturated carbocycles. The van der Waals surface area contributed by atoms with Crippen molar-refractivity contribution in [2.75, 3.05) is 6.26 Å². The Hall–Kier alpha value is -0.960. The van der Waals surface area contributed by atoms with Crippen LogP contribution in [0.1, 0.15) is 0 Å². The number of hydrogen-bond donors (Lipinski definition) is 2. The van der Waals surface area contributed by atoms with Crippen LogP contribution in [0.3, 0.4) is 0 Å². The van der Waals surface area contributed by atoms with Crippen LogP contribution in [-0.2, 0) is 0 Å². The van der Waals surface area contributed by atoms with Crippen molar-refractivity contribution in [1.82, 2.24) is 0 Å². The fraction of sp³-hybridized carbons (Fsp3) is 0.125. The van der Waals surface area contributed by atoms with Gasteiger partial charge < -0.3 is 11.1 Å². The summed E-state index contributed by atoms with van der Waals surface area (Å²) in [6.45, 7) is 3.58. The second-order valence-electron chi connectivity index (χ2n) is 1.80. The van der Waals surface area contributed by atoms with Gasteiger partial charge in [-0.15, -0.1) is 11.8 Å². The molecule has 0 aromatic rings. The lowest BCUT2D eigenvalue weighted by molar-refractivity contribution is 1.38. The van der Waals surface area contributed by atoms with Crippen molar-refractivity contribution in [1.29, 1.82) is 5.41 Å². The zero-order chi connectivity index (χ0) is 8.69. The van der Waals surface area contributed by atoms with Gasteiger partial charge in [0.25, 0.3) is 0 Å². The van der Waals surface area contributed by atoms with Crippen LogP contribution in [-0.4, -0.2) is 12.5 Å². The summed E-state index contributed by atoms with van der Waals surface area (Å²) in [6.07, 6.45) is 6.36. The Kier molecular flexibility index (Phi) is 5.29. The van der Waals surface area contributed by atoms with E-state index in [2.05, 4.69) is 6.58 Å². The molecule has 0 aromatic carbocycles. The first-order valence-electron chi connectivity index (χ1n) is 3.08. The van der Waals surface area contributed by atoms with E-state index in [0.29, 0.717) is 5.70 Å². The van der Waals surface area contributed by atoms with Crippen LogP contribution >= 0.6 is 11.8 Å². The van der Waals surface area contributed by atoms with Crippen molar-refractivity contribution in [3.8, 4) is 0 Å². The number of allylic oxidation sites excluding steroid dienone is 2. The third kappa shape index (κ3) is 3.68. The van der Waals surface area contributed by atoms with Gasteiger partial charge in [-0.05, 0) is 23.3 Å². The second-order valence-corrected chi connectivity index (χ2v) is 2.51. The lowest BCUT2D eigenvalue weighted by atomic mass is 10.2. The predicted octanol–water partition coefficient (Wildman–Crippen LogP) is 1.91. The summed E-state index contributed by atoms with van der Waals surface area (Å²) in [5.74, 6) is 0. The zero-order valence-electron chi connectivity index (χ0n) is 6.50. The normalized spacial score (nSPS) is 12.8. The molecule has 0 bridgehead atoms. The zero-order valence-corrected chi connectivity index (χ0v) is 7.32. The molecular weight excluding hydrogens is 156 g/mol. The van der Waals surface area contributed by atoms with Gasteiger partial charge >= 0.3 is 0 Å². The molecule has 0 aliphatic rings. The van der Waals surface area contributed by atoms with Gasteiger partial charge in [0.2, 0.25) is 0 Å². The van der Waals surface area contributed by atoms with Crippen molar-refractivity contribution in [2.24, 2.45) is 5.73 Å². The third-order valence-electron chi connectivity index (χ3n) is 1.06. The first kappa shape index (κ1) is 10.0. The van der Waals surface area contributed by atoms with Crippen LogP contribution < -0.4 is 5.73 Å². The lowest BCUT2D eigenvalue weighted by Crippen LogP contribution is -1.98. The minimum Gasteiger partial charge on any atom is -0.398 e. The molecule has 0 spiro atoms.